The second-order valence-corrected chi connectivity index (χ2v) is 7.05. The Kier molecular flexibility index (Phi) is 8.60. The van der Waals surface area contributed by atoms with Gasteiger partial charge in [-0.1, -0.05) is 18.2 Å². The summed E-state index contributed by atoms with van der Waals surface area (Å²) >= 11 is 0. The number of halogens is 1. The minimum atomic E-state index is -0.524. The van der Waals surface area contributed by atoms with Crippen molar-refractivity contribution >= 4 is 41.8 Å². The van der Waals surface area contributed by atoms with Crippen LogP contribution in [0.2, 0.25) is 0 Å². The molecule has 0 unspecified atom stereocenters. The third-order valence-corrected chi connectivity index (χ3v) is 5.08. The van der Waals surface area contributed by atoms with E-state index < -0.39 is 5.97 Å². The van der Waals surface area contributed by atoms with Gasteiger partial charge in [0.1, 0.15) is 12.4 Å². The van der Waals surface area contributed by atoms with Crippen molar-refractivity contribution in [2.45, 2.75) is 0 Å². The second kappa shape index (κ2) is 11.1. The molecule has 1 heterocycles. The zero-order valence-electron chi connectivity index (χ0n) is 17.7. The zero-order chi connectivity index (χ0) is 22.4. The summed E-state index contributed by atoms with van der Waals surface area (Å²) in [5.41, 5.74) is 7.24. The molecular weight excluding hydrogens is 434 g/mol. The quantitative estimate of drug-likeness (QED) is 0.355. The number of nitrogens with two attached hydrogens (primary N) is 1. The number of carbonyl (C=O) groups excluding carboxylic acids is 3. The van der Waals surface area contributed by atoms with E-state index in [1.807, 2.05) is 6.07 Å². The maximum absolute atomic E-state index is 12.8. The largest absolute Gasteiger partial charge is 0.468 e. The van der Waals surface area contributed by atoms with E-state index in [0.717, 1.165) is 0 Å². The van der Waals surface area contributed by atoms with Crippen molar-refractivity contribution in [3.63, 3.8) is 0 Å². The average molecular weight is 460 g/mol. The van der Waals surface area contributed by atoms with Gasteiger partial charge in [0.15, 0.2) is 0 Å². The number of rotatable bonds is 8. The molecule has 1 saturated heterocycles. The van der Waals surface area contributed by atoms with Gasteiger partial charge in [0.25, 0.3) is 5.91 Å². The van der Waals surface area contributed by atoms with Gasteiger partial charge in [-0.3, -0.25) is 19.9 Å². The SMILES string of the molecule is COC(=O)CN(CCN1CCN(c2ccc(C(=N)N)cc2)C1=O)C(=O)c1ccccc1.Cl. The number of hydrogen-bond donors (Lipinski definition) is 2. The molecule has 0 spiro atoms. The first-order valence-electron chi connectivity index (χ1n) is 9.82. The first kappa shape index (κ1) is 24.7. The predicted octanol–water partition coefficient (Wildman–Crippen LogP) is 1.95. The number of anilines is 1. The van der Waals surface area contributed by atoms with Gasteiger partial charge in [-0.15, -0.1) is 12.4 Å². The fourth-order valence-corrected chi connectivity index (χ4v) is 3.33. The van der Waals surface area contributed by atoms with Crippen LogP contribution in [-0.2, 0) is 9.53 Å². The zero-order valence-corrected chi connectivity index (χ0v) is 18.5. The van der Waals surface area contributed by atoms with Crippen molar-refractivity contribution in [1.29, 1.82) is 5.41 Å². The smallest absolute Gasteiger partial charge is 0.325 e. The van der Waals surface area contributed by atoms with E-state index in [1.54, 1.807) is 58.3 Å². The molecule has 1 aliphatic heterocycles. The molecule has 3 rings (SSSR count). The van der Waals surface area contributed by atoms with E-state index in [0.29, 0.717) is 29.9 Å². The number of esters is 1. The van der Waals surface area contributed by atoms with Gasteiger partial charge in [-0.25, -0.2) is 4.79 Å². The lowest BCUT2D eigenvalue weighted by Gasteiger charge is -2.25. The van der Waals surface area contributed by atoms with Crippen molar-refractivity contribution in [1.82, 2.24) is 9.80 Å². The fraction of sp³-hybridized carbons (Fsp3) is 0.273. The highest BCUT2D eigenvalue weighted by atomic mass is 35.5. The Bertz CT molecular complexity index is 968. The minimum absolute atomic E-state index is 0. The Hall–Kier alpha value is -3.59. The standard InChI is InChI=1S/C22H25N5O4.ClH/c1-31-19(28)15-26(21(29)17-5-3-2-4-6-17)12-11-25-13-14-27(22(25)30)18-9-7-16(8-10-18)20(23)24;/h2-10H,11-15H2,1H3,(H3,23,24);1H. The Morgan fingerprint density at radius 3 is 2.31 bits per heavy atom. The van der Waals surface area contributed by atoms with E-state index in [4.69, 9.17) is 15.9 Å². The fourth-order valence-electron chi connectivity index (χ4n) is 3.33. The highest BCUT2D eigenvalue weighted by molar-refractivity contribution is 5.98. The van der Waals surface area contributed by atoms with E-state index in [-0.39, 0.29) is 49.8 Å². The summed E-state index contributed by atoms with van der Waals surface area (Å²) in [6.45, 7) is 1.30. The van der Waals surface area contributed by atoms with Crippen LogP contribution in [0.25, 0.3) is 0 Å². The van der Waals surface area contributed by atoms with Crippen LogP contribution in [0, 0.1) is 5.41 Å². The summed E-state index contributed by atoms with van der Waals surface area (Å²) in [6.07, 6.45) is 0. The van der Waals surface area contributed by atoms with Crippen LogP contribution in [0.5, 0.6) is 0 Å². The van der Waals surface area contributed by atoms with E-state index in [9.17, 15) is 14.4 Å². The lowest BCUT2D eigenvalue weighted by atomic mass is 10.2. The maximum Gasteiger partial charge on any atom is 0.325 e. The first-order chi connectivity index (χ1) is 14.9. The third kappa shape index (κ3) is 5.76. The Morgan fingerprint density at radius 2 is 1.72 bits per heavy atom. The molecule has 9 nitrogen and oxygen atoms in total. The molecule has 0 saturated carbocycles. The Labute approximate surface area is 192 Å². The van der Waals surface area contributed by atoms with Gasteiger partial charge >= 0.3 is 12.0 Å². The number of nitrogens with zero attached hydrogens (tertiary/aromatic N) is 3. The molecule has 0 aliphatic carbocycles. The highest BCUT2D eigenvalue weighted by Crippen LogP contribution is 2.21. The lowest BCUT2D eigenvalue weighted by molar-refractivity contribution is -0.141. The van der Waals surface area contributed by atoms with Crippen molar-refractivity contribution < 1.29 is 19.1 Å². The number of urea groups is 1. The van der Waals surface area contributed by atoms with E-state index in [2.05, 4.69) is 0 Å². The first-order valence-corrected chi connectivity index (χ1v) is 9.82. The molecule has 2 aromatic carbocycles. The molecule has 32 heavy (non-hydrogen) atoms. The molecule has 1 aliphatic rings. The van der Waals surface area contributed by atoms with Gasteiger partial charge in [0.05, 0.1) is 7.11 Å². The summed E-state index contributed by atoms with van der Waals surface area (Å²) in [4.78, 5) is 42.1. The normalized spacial score (nSPS) is 12.8. The van der Waals surface area contributed by atoms with Gasteiger partial charge in [0.2, 0.25) is 0 Å². The van der Waals surface area contributed by atoms with Crippen LogP contribution in [0.1, 0.15) is 15.9 Å². The summed E-state index contributed by atoms with van der Waals surface area (Å²) in [5.74, 6) is -0.853. The Balaban J connectivity index is 0.00000363. The van der Waals surface area contributed by atoms with Gasteiger partial charge in [-0.2, -0.15) is 0 Å². The summed E-state index contributed by atoms with van der Waals surface area (Å²) < 4.78 is 4.72. The number of methoxy groups -OCH3 is 1. The molecule has 2 aromatic rings. The molecule has 3 amide bonds. The van der Waals surface area contributed by atoms with E-state index >= 15 is 0 Å². The van der Waals surface area contributed by atoms with Gasteiger partial charge < -0.3 is 20.3 Å². The number of benzene rings is 2. The summed E-state index contributed by atoms with van der Waals surface area (Å²) in [5, 5.41) is 7.46. The molecule has 10 heteroatoms. The Morgan fingerprint density at radius 1 is 1.06 bits per heavy atom. The number of nitrogens with one attached hydrogen (secondary N) is 1. The van der Waals surface area contributed by atoms with Crippen LogP contribution in [0.15, 0.2) is 54.6 Å². The van der Waals surface area contributed by atoms with Crippen LogP contribution in [0.3, 0.4) is 0 Å². The molecule has 0 bridgehead atoms. The van der Waals surface area contributed by atoms with Crippen LogP contribution in [0.4, 0.5) is 10.5 Å². The molecule has 1 fully saturated rings. The monoisotopic (exact) mass is 459 g/mol. The molecule has 170 valence electrons. The van der Waals surface area contributed by atoms with Crippen LogP contribution in [-0.4, -0.2) is 73.4 Å². The molecule has 0 aromatic heterocycles. The molecule has 0 atom stereocenters. The molecule has 3 N–H and O–H groups in total. The number of hydrogen-bond acceptors (Lipinski definition) is 5. The minimum Gasteiger partial charge on any atom is -0.468 e. The topological polar surface area (TPSA) is 120 Å². The number of nitrogen functional groups attached to an aromatic ring is 1. The summed E-state index contributed by atoms with van der Waals surface area (Å²) in [6, 6.07) is 15.4. The van der Waals surface area contributed by atoms with Crippen molar-refractivity contribution in [3.05, 3.63) is 65.7 Å². The van der Waals surface area contributed by atoms with Crippen LogP contribution >= 0.6 is 12.4 Å². The van der Waals surface area contributed by atoms with Gasteiger partial charge in [-0.05, 0) is 36.4 Å². The van der Waals surface area contributed by atoms with Crippen molar-refractivity contribution in [2.75, 3.05) is 44.7 Å². The van der Waals surface area contributed by atoms with E-state index in [1.165, 1.54) is 12.0 Å². The van der Waals surface area contributed by atoms with Gasteiger partial charge in [0, 0.05) is 43.0 Å². The second-order valence-electron chi connectivity index (χ2n) is 7.05. The number of carbonyl (C=O) groups is 3. The molecule has 0 radical (unpaired) electrons. The lowest BCUT2D eigenvalue weighted by Crippen LogP contribution is -2.43. The highest BCUT2D eigenvalue weighted by Gasteiger charge is 2.30. The predicted molar refractivity (Wildman–Crippen MR) is 123 cm³/mol. The third-order valence-electron chi connectivity index (χ3n) is 5.08. The van der Waals surface area contributed by atoms with Crippen LogP contribution < -0.4 is 10.6 Å². The van der Waals surface area contributed by atoms with Crippen molar-refractivity contribution in [2.24, 2.45) is 5.73 Å². The number of amides is 3. The average Bonchev–Trinajstić information content (AvgIpc) is 3.16. The number of ether oxygens (including phenoxy) is 1. The summed E-state index contributed by atoms with van der Waals surface area (Å²) in [7, 11) is 1.27. The van der Waals surface area contributed by atoms with Crippen molar-refractivity contribution in [3.8, 4) is 0 Å². The maximum atomic E-state index is 12.8. The molecular formula is C22H26ClN5O4. The number of amidine groups is 1.